The van der Waals surface area contributed by atoms with Gasteiger partial charge in [0.05, 0.1) is 10.5 Å². The van der Waals surface area contributed by atoms with E-state index in [4.69, 9.17) is 29.6 Å². The van der Waals surface area contributed by atoms with Gasteiger partial charge >= 0.3 is 0 Å². The van der Waals surface area contributed by atoms with E-state index in [9.17, 15) is 4.79 Å². The van der Waals surface area contributed by atoms with Crippen LogP contribution in [0.1, 0.15) is 48.5 Å². The number of benzene rings is 1. The van der Waals surface area contributed by atoms with Crippen LogP contribution in [0.5, 0.6) is 0 Å². The van der Waals surface area contributed by atoms with Crippen molar-refractivity contribution < 1.29 is 4.79 Å². The zero-order valence-corrected chi connectivity index (χ0v) is 14.0. The number of rotatable bonds is 3. The Morgan fingerprint density at radius 2 is 2.00 bits per heavy atom. The largest absolute Gasteiger partial charge is 0.391 e. The molecule has 3 N–H and O–H groups in total. The van der Waals surface area contributed by atoms with Crippen molar-refractivity contribution in [2.75, 3.05) is 0 Å². The smallest absolute Gasteiger partial charge is 0.252 e. The van der Waals surface area contributed by atoms with Gasteiger partial charge in [-0.05, 0) is 62.3 Å². The summed E-state index contributed by atoms with van der Waals surface area (Å²) in [5.74, 6) is 0.487. The summed E-state index contributed by atoms with van der Waals surface area (Å²) < 4.78 is 0. The van der Waals surface area contributed by atoms with Gasteiger partial charge in [0.25, 0.3) is 5.91 Å². The first-order chi connectivity index (χ1) is 9.82. The number of halogens is 1. The third kappa shape index (κ3) is 3.74. The van der Waals surface area contributed by atoms with Crippen molar-refractivity contribution in [2.45, 2.75) is 45.1 Å². The van der Waals surface area contributed by atoms with Crippen molar-refractivity contribution in [1.82, 2.24) is 5.32 Å². The molecular formula is C16H21ClN2OS. The topological polar surface area (TPSA) is 55.1 Å². The van der Waals surface area contributed by atoms with Crippen molar-refractivity contribution in [3.05, 3.63) is 34.3 Å². The fourth-order valence-electron chi connectivity index (χ4n) is 2.84. The van der Waals surface area contributed by atoms with Crippen LogP contribution in [0.3, 0.4) is 0 Å². The van der Waals surface area contributed by atoms with E-state index in [-0.39, 0.29) is 5.91 Å². The normalized spacial score (nSPS) is 25.4. The Bertz CT molecular complexity index is 545. The molecule has 0 aliphatic heterocycles. The average molecular weight is 325 g/mol. The van der Waals surface area contributed by atoms with Gasteiger partial charge in [0, 0.05) is 10.6 Å². The molecule has 1 fully saturated rings. The molecule has 1 aromatic rings. The minimum atomic E-state index is -0.560. The first-order valence-electron chi connectivity index (χ1n) is 7.22. The number of amides is 1. The van der Waals surface area contributed by atoms with Crippen LogP contribution in [-0.4, -0.2) is 16.4 Å². The molecule has 1 aliphatic rings. The number of thiocarbonyl (C=S) groups is 1. The number of aryl methyl sites for hydroxylation is 1. The molecule has 5 heteroatoms. The maximum Gasteiger partial charge on any atom is 0.252 e. The molecule has 0 bridgehead atoms. The molecule has 114 valence electrons. The molecule has 0 radical (unpaired) electrons. The molecule has 21 heavy (non-hydrogen) atoms. The highest BCUT2D eigenvalue weighted by atomic mass is 35.5. The zero-order valence-electron chi connectivity index (χ0n) is 12.4. The van der Waals surface area contributed by atoms with E-state index in [1.165, 1.54) is 0 Å². The summed E-state index contributed by atoms with van der Waals surface area (Å²) >= 11 is 11.2. The third-order valence-electron chi connectivity index (χ3n) is 4.26. The van der Waals surface area contributed by atoms with Crippen molar-refractivity contribution >= 4 is 34.7 Å². The Balaban J connectivity index is 2.21. The second kappa shape index (κ2) is 6.32. The van der Waals surface area contributed by atoms with Crippen LogP contribution in [0.25, 0.3) is 0 Å². The predicted molar refractivity (Wildman–Crippen MR) is 90.8 cm³/mol. The molecule has 0 atom stereocenters. The lowest BCUT2D eigenvalue weighted by Gasteiger charge is -2.39. The first kappa shape index (κ1) is 16.2. The number of carbonyl (C=O) groups excluding carboxylic acids is 1. The Hall–Kier alpha value is -1.13. The summed E-state index contributed by atoms with van der Waals surface area (Å²) in [5, 5.41) is 3.62. The Morgan fingerprint density at radius 1 is 1.38 bits per heavy atom. The molecule has 1 aromatic carbocycles. The van der Waals surface area contributed by atoms with Gasteiger partial charge in [-0.25, -0.2) is 0 Å². The fourth-order valence-corrected chi connectivity index (χ4v) is 3.39. The zero-order chi connectivity index (χ0) is 15.6. The maximum atomic E-state index is 12.5. The standard InChI is InChI=1S/C16H21ClN2OS/c1-10-3-5-16(6-4-10,15(18)21)19-14(20)12-7-11(2)8-13(17)9-12/h7-10H,3-6H2,1-2H3,(H2,18,21)(H,19,20). The van der Waals surface area contributed by atoms with Crippen LogP contribution in [0.2, 0.25) is 5.02 Å². The van der Waals surface area contributed by atoms with E-state index in [0.29, 0.717) is 21.5 Å². The Labute approximate surface area is 136 Å². The van der Waals surface area contributed by atoms with Crippen molar-refractivity contribution in [3.8, 4) is 0 Å². The maximum absolute atomic E-state index is 12.5. The number of carbonyl (C=O) groups is 1. The van der Waals surface area contributed by atoms with E-state index in [1.807, 2.05) is 19.1 Å². The lowest BCUT2D eigenvalue weighted by Crippen LogP contribution is -2.58. The molecule has 3 nitrogen and oxygen atoms in total. The molecule has 0 unspecified atom stereocenters. The molecule has 2 rings (SSSR count). The number of hydrogen-bond donors (Lipinski definition) is 2. The average Bonchev–Trinajstić information content (AvgIpc) is 2.40. The van der Waals surface area contributed by atoms with E-state index < -0.39 is 5.54 Å². The first-order valence-corrected chi connectivity index (χ1v) is 8.01. The SMILES string of the molecule is Cc1cc(Cl)cc(C(=O)NC2(C(N)=S)CCC(C)CC2)c1. The number of nitrogens with one attached hydrogen (secondary N) is 1. The molecule has 1 amide bonds. The van der Waals surface area contributed by atoms with Gasteiger partial charge in [-0.3, -0.25) is 4.79 Å². The van der Waals surface area contributed by atoms with Gasteiger partial charge in [0.15, 0.2) is 0 Å². The van der Waals surface area contributed by atoms with Gasteiger partial charge in [0.1, 0.15) is 0 Å². The van der Waals surface area contributed by atoms with Crippen LogP contribution in [0, 0.1) is 12.8 Å². The minimum Gasteiger partial charge on any atom is -0.391 e. The van der Waals surface area contributed by atoms with Crippen LogP contribution in [0.4, 0.5) is 0 Å². The summed E-state index contributed by atoms with van der Waals surface area (Å²) in [6, 6.07) is 5.31. The fraction of sp³-hybridized carbons (Fsp3) is 0.500. The summed E-state index contributed by atoms with van der Waals surface area (Å²) in [6.45, 7) is 4.12. The van der Waals surface area contributed by atoms with E-state index in [1.54, 1.807) is 6.07 Å². The van der Waals surface area contributed by atoms with Crippen molar-refractivity contribution in [3.63, 3.8) is 0 Å². The highest BCUT2D eigenvalue weighted by Crippen LogP contribution is 2.32. The second-order valence-corrected chi connectivity index (χ2v) is 6.98. The second-order valence-electron chi connectivity index (χ2n) is 6.10. The van der Waals surface area contributed by atoms with E-state index >= 15 is 0 Å². The number of hydrogen-bond acceptors (Lipinski definition) is 2. The van der Waals surface area contributed by atoms with Crippen LogP contribution in [-0.2, 0) is 0 Å². The highest BCUT2D eigenvalue weighted by molar-refractivity contribution is 7.80. The molecule has 0 saturated heterocycles. The predicted octanol–water partition coefficient (Wildman–Crippen LogP) is 3.61. The molecule has 0 aromatic heterocycles. The van der Waals surface area contributed by atoms with Crippen LogP contribution in [0.15, 0.2) is 18.2 Å². The summed E-state index contributed by atoms with van der Waals surface area (Å²) in [5.41, 5.74) is 6.87. The number of nitrogens with two attached hydrogens (primary N) is 1. The summed E-state index contributed by atoms with van der Waals surface area (Å²) in [6.07, 6.45) is 3.64. The molecule has 0 spiro atoms. The molecule has 1 aliphatic carbocycles. The van der Waals surface area contributed by atoms with Crippen LogP contribution < -0.4 is 11.1 Å². The minimum absolute atomic E-state index is 0.164. The lowest BCUT2D eigenvalue weighted by atomic mass is 9.77. The molecule has 1 saturated carbocycles. The Kier molecular flexibility index (Phi) is 4.89. The van der Waals surface area contributed by atoms with Crippen molar-refractivity contribution in [1.29, 1.82) is 0 Å². The van der Waals surface area contributed by atoms with Gasteiger partial charge in [-0.15, -0.1) is 0 Å². The summed E-state index contributed by atoms with van der Waals surface area (Å²) in [4.78, 5) is 12.9. The Morgan fingerprint density at radius 3 is 2.52 bits per heavy atom. The third-order valence-corrected chi connectivity index (χ3v) is 4.87. The highest BCUT2D eigenvalue weighted by Gasteiger charge is 2.38. The van der Waals surface area contributed by atoms with E-state index in [0.717, 1.165) is 31.2 Å². The quantitative estimate of drug-likeness (QED) is 0.835. The van der Waals surface area contributed by atoms with Gasteiger partial charge in [0.2, 0.25) is 0 Å². The van der Waals surface area contributed by atoms with Gasteiger partial charge < -0.3 is 11.1 Å². The van der Waals surface area contributed by atoms with Crippen LogP contribution >= 0.6 is 23.8 Å². The van der Waals surface area contributed by atoms with Crippen molar-refractivity contribution in [2.24, 2.45) is 11.7 Å². The van der Waals surface area contributed by atoms with Gasteiger partial charge in [-0.1, -0.05) is 30.7 Å². The van der Waals surface area contributed by atoms with E-state index in [2.05, 4.69) is 12.2 Å². The molecular weight excluding hydrogens is 304 g/mol. The van der Waals surface area contributed by atoms with Gasteiger partial charge in [-0.2, -0.15) is 0 Å². The molecule has 0 heterocycles. The lowest BCUT2D eigenvalue weighted by molar-refractivity contribution is 0.0900. The summed E-state index contributed by atoms with van der Waals surface area (Å²) in [7, 11) is 0. The monoisotopic (exact) mass is 324 g/mol.